The lowest BCUT2D eigenvalue weighted by Crippen LogP contribution is -2.45. The maximum Gasteiger partial charge on any atom is 0.243 e. The number of benzene rings is 1. The van der Waals surface area contributed by atoms with E-state index in [0.717, 1.165) is 18.4 Å². The minimum atomic E-state index is -3.49. The molecule has 0 saturated carbocycles. The van der Waals surface area contributed by atoms with Gasteiger partial charge in [-0.15, -0.1) is 0 Å². The minimum Gasteiger partial charge on any atom is -0.372 e. The van der Waals surface area contributed by atoms with E-state index in [1.807, 2.05) is 7.05 Å². The molecular formula is C14H19ClN2O3S. The first-order chi connectivity index (χ1) is 10.0. The summed E-state index contributed by atoms with van der Waals surface area (Å²) >= 11 is 6.18. The van der Waals surface area contributed by atoms with Crippen molar-refractivity contribution < 1.29 is 13.2 Å². The molecule has 2 fully saturated rings. The van der Waals surface area contributed by atoms with Gasteiger partial charge in [-0.1, -0.05) is 17.7 Å². The van der Waals surface area contributed by atoms with Crippen LogP contribution in [-0.4, -0.2) is 45.1 Å². The SMILES string of the molecule is CNCc1ccc(S(=O)(=O)N2CC3CCC(C2)O3)cc1Cl. The van der Waals surface area contributed by atoms with Gasteiger partial charge in [0.15, 0.2) is 0 Å². The van der Waals surface area contributed by atoms with E-state index in [1.165, 1.54) is 4.31 Å². The van der Waals surface area contributed by atoms with Crippen LogP contribution in [0.4, 0.5) is 0 Å². The highest BCUT2D eigenvalue weighted by atomic mass is 35.5. The van der Waals surface area contributed by atoms with Crippen LogP contribution < -0.4 is 5.32 Å². The van der Waals surface area contributed by atoms with E-state index in [9.17, 15) is 8.42 Å². The van der Waals surface area contributed by atoms with E-state index in [1.54, 1.807) is 18.2 Å². The molecule has 21 heavy (non-hydrogen) atoms. The van der Waals surface area contributed by atoms with Gasteiger partial charge in [-0.2, -0.15) is 4.31 Å². The Morgan fingerprint density at radius 3 is 2.57 bits per heavy atom. The standard InChI is InChI=1S/C14H19ClN2O3S/c1-16-7-10-2-5-13(6-14(10)15)21(18,19)17-8-11-3-4-12(9-17)20-11/h2,5-6,11-12,16H,3-4,7-9H2,1H3. The molecule has 2 atom stereocenters. The van der Waals surface area contributed by atoms with Crippen molar-refractivity contribution in [1.29, 1.82) is 0 Å². The molecule has 116 valence electrons. The molecule has 2 saturated heterocycles. The van der Waals surface area contributed by atoms with E-state index < -0.39 is 10.0 Å². The van der Waals surface area contributed by atoms with Gasteiger partial charge in [0.25, 0.3) is 0 Å². The summed E-state index contributed by atoms with van der Waals surface area (Å²) in [6.07, 6.45) is 1.96. The van der Waals surface area contributed by atoms with Gasteiger partial charge in [-0.3, -0.25) is 0 Å². The first-order valence-electron chi connectivity index (χ1n) is 7.09. The van der Waals surface area contributed by atoms with Crippen molar-refractivity contribution >= 4 is 21.6 Å². The Morgan fingerprint density at radius 2 is 2.00 bits per heavy atom. The van der Waals surface area contributed by atoms with Crippen LogP contribution in [0, 0.1) is 0 Å². The summed E-state index contributed by atoms with van der Waals surface area (Å²) in [5, 5.41) is 3.48. The number of fused-ring (bicyclic) bond motifs is 2. The summed E-state index contributed by atoms with van der Waals surface area (Å²) in [7, 11) is -1.67. The summed E-state index contributed by atoms with van der Waals surface area (Å²) < 4.78 is 32.7. The van der Waals surface area contributed by atoms with Crippen LogP contribution in [0.15, 0.2) is 23.1 Å². The minimum absolute atomic E-state index is 0.0394. The molecule has 5 nitrogen and oxygen atoms in total. The maximum absolute atomic E-state index is 12.7. The van der Waals surface area contributed by atoms with Crippen molar-refractivity contribution in [3.63, 3.8) is 0 Å². The number of sulfonamides is 1. The number of hydrogen-bond donors (Lipinski definition) is 1. The largest absolute Gasteiger partial charge is 0.372 e. The summed E-state index contributed by atoms with van der Waals surface area (Å²) in [6.45, 7) is 1.49. The molecule has 2 unspecified atom stereocenters. The second kappa shape index (κ2) is 5.85. The molecule has 7 heteroatoms. The van der Waals surface area contributed by atoms with Crippen molar-refractivity contribution in [3.05, 3.63) is 28.8 Å². The topological polar surface area (TPSA) is 58.6 Å². The van der Waals surface area contributed by atoms with Crippen LogP contribution in [0.2, 0.25) is 5.02 Å². The molecule has 0 aromatic heterocycles. The molecular weight excluding hydrogens is 312 g/mol. The highest BCUT2D eigenvalue weighted by Crippen LogP contribution is 2.31. The lowest BCUT2D eigenvalue weighted by atomic mass is 10.2. The summed E-state index contributed by atoms with van der Waals surface area (Å²) in [5.41, 5.74) is 0.889. The van der Waals surface area contributed by atoms with E-state index >= 15 is 0 Å². The van der Waals surface area contributed by atoms with E-state index in [0.29, 0.717) is 24.7 Å². The van der Waals surface area contributed by atoms with Crippen molar-refractivity contribution in [2.75, 3.05) is 20.1 Å². The second-order valence-electron chi connectivity index (χ2n) is 5.56. The first-order valence-corrected chi connectivity index (χ1v) is 8.91. The van der Waals surface area contributed by atoms with Crippen LogP contribution in [0.5, 0.6) is 0 Å². The Bertz CT molecular complexity index is 623. The van der Waals surface area contributed by atoms with Crippen LogP contribution in [-0.2, 0) is 21.3 Å². The van der Waals surface area contributed by atoms with Gasteiger partial charge in [0.1, 0.15) is 0 Å². The predicted octanol–water partition coefficient (Wildman–Crippen LogP) is 1.61. The zero-order valence-corrected chi connectivity index (χ0v) is 13.5. The number of hydrogen-bond acceptors (Lipinski definition) is 4. The number of rotatable bonds is 4. The Hall–Kier alpha value is -0.660. The lowest BCUT2D eigenvalue weighted by molar-refractivity contribution is -0.0114. The van der Waals surface area contributed by atoms with Crippen molar-refractivity contribution in [1.82, 2.24) is 9.62 Å². The maximum atomic E-state index is 12.7. The second-order valence-corrected chi connectivity index (χ2v) is 7.91. The first kappa shape index (κ1) is 15.2. The van der Waals surface area contributed by atoms with E-state index in [2.05, 4.69) is 5.32 Å². The Kier molecular flexibility index (Phi) is 4.25. The number of nitrogens with one attached hydrogen (secondary N) is 1. The summed E-state index contributed by atoms with van der Waals surface area (Å²) in [5.74, 6) is 0. The fourth-order valence-electron chi connectivity index (χ4n) is 2.95. The Morgan fingerprint density at radius 1 is 1.33 bits per heavy atom. The molecule has 0 radical (unpaired) electrons. The van der Waals surface area contributed by atoms with Gasteiger partial charge in [0.2, 0.25) is 10.0 Å². The van der Waals surface area contributed by atoms with Crippen molar-refractivity contribution in [3.8, 4) is 0 Å². The average Bonchev–Trinajstić information content (AvgIpc) is 2.79. The molecule has 0 aliphatic carbocycles. The highest BCUT2D eigenvalue weighted by molar-refractivity contribution is 7.89. The van der Waals surface area contributed by atoms with Crippen molar-refractivity contribution in [2.45, 2.75) is 36.5 Å². The van der Waals surface area contributed by atoms with Gasteiger partial charge in [-0.05, 0) is 37.6 Å². The number of ether oxygens (including phenoxy) is 1. The molecule has 2 heterocycles. The molecule has 1 aromatic rings. The van der Waals surface area contributed by atoms with Gasteiger partial charge >= 0.3 is 0 Å². The zero-order valence-electron chi connectivity index (χ0n) is 11.9. The summed E-state index contributed by atoms with van der Waals surface area (Å²) in [6, 6.07) is 4.94. The fourth-order valence-corrected chi connectivity index (χ4v) is 4.79. The molecule has 2 bridgehead atoms. The van der Waals surface area contributed by atoms with E-state index in [-0.39, 0.29) is 17.1 Å². The van der Waals surface area contributed by atoms with Gasteiger partial charge in [-0.25, -0.2) is 8.42 Å². The Balaban J connectivity index is 1.86. The average molecular weight is 331 g/mol. The molecule has 3 rings (SSSR count). The highest BCUT2D eigenvalue weighted by Gasteiger charge is 2.39. The van der Waals surface area contributed by atoms with Crippen LogP contribution >= 0.6 is 11.6 Å². The van der Waals surface area contributed by atoms with Gasteiger partial charge in [0, 0.05) is 24.7 Å². The van der Waals surface area contributed by atoms with Crippen molar-refractivity contribution in [2.24, 2.45) is 0 Å². The normalized spacial score (nSPS) is 26.2. The molecule has 0 amide bonds. The number of halogens is 1. The molecule has 1 N–H and O–H groups in total. The molecule has 2 aliphatic rings. The third kappa shape index (κ3) is 2.96. The number of nitrogens with zero attached hydrogens (tertiary/aromatic N) is 1. The fraction of sp³-hybridized carbons (Fsp3) is 0.571. The lowest BCUT2D eigenvalue weighted by Gasteiger charge is -2.31. The van der Waals surface area contributed by atoms with E-state index in [4.69, 9.17) is 16.3 Å². The Labute approximate surface area is 130 Å². The quantitative estimate of drug-likeness (QED) is 0.911. The molecule has 0 spiro atoms. The number of morpholine rings is 1. The molecule has 1 aromatic carbocycles. The monoisotopic (exact) mass is 330 g/mol. The van der Waals surface area contributed by atoms with Crippen LogP contribution in [0.1, 0.15) is 18.4 Å². The van der Waals surface area contributed by atoms with Gasteiger partial charge < -0.3 is 10.1 Å². The smallest absolute Gasteiger partial charge is 0.243 e. The third-order valence-corrected chi connectivity index (χ3v) is 6.22. The predicted molar refractivity (Wildman–Crippen MR) is 80.9 cm³/mol. The van der Waals surface area contributed by atoms with Crippen LogP contribution in [0.3, 0.4) is 0 Å². The third-order valence-electron chi connectivity index (χ3n) is 4.04. The van der Waals surface area contributed by atoms with Gasteiger partial charge in [0.05, 0.1) is 17.1 Å². The molecule has 2 aliphatic heterocycles. The summed E-state index contributed by atoms with van der Waals surface area (Å²) in [4.78, 5) is 0.258. The van der Waals surface area contributed by atoms with Crippen LogP contribution in [0.25, 0.3) is 0 Å². The zero-order chi connectivity index (χ0) is 15.0.